The molecule has 6 nitrogen and oxygen atoms in total. The number of rotatable bonds is 2. The van der Waals surface area contributed by atoms with Gasteiger partial charge in [-0.05, 0) is 24.3 Å². The van der Waals surface area contributed by atoms with Crippen LogP contribution in [-0.4, -0.2) is 29.5 Å². The van der Waals surface area contributed by atoms with Crippen LogP contribution in [0.1, 0.15) is 5.82 Å². The first kappa shape index (κ1) is 14.4. The second-order valence-corrected chi connectivity index (χ2v) is 5.84. The van der Waals surface area contributed by atoms with Gasteiger partial charge in [0.2, 0.25) is 5.91 Å². The lowest BCUT2D eigenvalue weighted by molar-refractivity contribution is -0.117. The highest BCUT2D eigenvalue weighted by atomic mass is 16.2. The zero-order valence-corrected chi connectivity index (χ0v) is 13.3. The summed E-state index contributed by atoms with van der Waals surface area (Å²) in [5.41, 5.74) is 8.76. The van der Waals surface area contributed by atoms with Gasteiger partial charge >= 0.3 is 0 Å². The quantitative estimate of drug-likeness (QED) is 0.783. The third-order valence-corrected chi connectivity index (χ3v) is 4.30. The number of anilines is 3. The maximum Gasteiger partial charge on any atom is 0.246 e. The number of hydrogen-bond acceptors (Lipinski definition) is 5. The molecule has 0 atom stereocenters. The van der Waals surface area contributed by atoms with E-state index >= 15 is 0 Å². The molecule has 2 N–H and O–H groups in total. The predicted octanol–water partition coefficient (Wildman–Crippen LogP) is 2.19. The molecule has 0 saturated carbocycles. The normalized spacial score (nSPS) is 14.1. The van der Waals surface area contributed by atoms with Gasteiger partial charge in [0.05, 0.1) is 30.0 Å². The van der Waals surface area contributed by atoms with Gasteiger partial charge in [0, 0.05) is 12.4 Å². The van der Waals surface area contributed by atoms with Crippen molar-refractivity contribution in [1.82, 2.24) is 9.97 Å². The summed E-state index contributed by atoms with van der Waals surface area (Å²) in [6, 6.07) is 15.5. The van der Waals surface area contributed by atoms with Crippen molar-refractivity contribution in [3.8, 4) is 0 Å². The van der Waals surface area contributed by atoms with Crippen LogP contribution in [0, 0.1) is 0 Å². The first-order valence-corrected chi connectivity index (χ1v) is 7.75. The molecule has 1 aliphatic rings. The highest BCUT2D eigenvalue weighted by molar-refractivity contribution is 6.02. The van der Waals surface area contributed by atoms with Crippen LogP contribution in [0.3, 0.4) is 0 Å². The van der Waals surface area contributed by atoms with E-state index < -0.39 is 0 Å². The zero-order chi connectivity index (χ0) is 16.7. The third-order valence-electron chi connectivity index (χ3n) is 4.30. The second kappa shape index (κ2) is 5.49. The molecule has 6 heteroatoms. The largest absolute Gasteiger partial charge is 0.383 e. The average molecular weight is 319 g/mol. The highest BCUT2D eigenvalue weighted by Crippen LogP contribution is 2.33. The molecule has 0 aliphatic carbocycles. The van der Waals surface area contributed by atoms with Crippen molar-refractivity contribution in [2.24, 2.45) is 0 Å². The number of amides is 1. The van der Waals surface area contributed by atoms with E-state index in [1.807, 2.05) is 53.4 Å². The van der Waals surface area contributed by atoms with Crippen LogP contribution in [0.15, 0.2) is 48.5 Å². The van der Waals surface area contributed by atoms with Crippen molar-refractivity contribution in [1.29, 1.82) is 0 Å². The molecule has 4 rings (SSSR count). The fourth-order valence-electron chi connectivity index (χ4n) is 3.04. The Morgan fingerprint density at radius 3 is 2.58 bits per heavy atom. The summed E-state index contributed by atoms with van der Waals surface area (Å²) in [5.74, 6) is 1.12. The lowest BCUT2D eigenvalue weighted by Gasteiger charge is -2.35. The number of nitrogens with zero attached hydrogens (tertiary/aromatic N) is 4. The predicted molar refractivity (Wildman–Crippen MR) is 94.9 cm³/mol. The molecule has 0 bridgehead atoms. The van der Waals surface area contributed by atoms with E-state index in [-0.39, 0.29) is 5.91 Å². The Labute approximate surface area is 139 Å². The van der Waals surface area contributed by atoms with Gasteiger partial charge in [0.15, 0.2) is 5.82 Å². The van der Waals surface area contributed by atoms with Gasteiger partial charge in [-0.1, -0.05) is 24.3 Å². The monoisotopic (exact) mass is 319 g/mol. The van der Waals surface area contributed by atoms with Crippen LogP contribution in [0.25, 0.3) is 10.9 Å². The van der Waals surface area contributed by atoms with Crippen molar-refractivity contribution in [2.75, 3.05) is 29.1 Å². The Hall–Kier alpha value is -3.15. The van der Waals surface area contributed by atoms with E-state index in [4.69, 9.17) is 5.73 Å². The number of fused-ring (bicyclic) bond motifs is 2. The van der Waals surface area contributed by atoms with Gasteiger partial charge in [-0.3, -0.25) is 4.79 Å². The lowest BCUT2D eigenvalue weighted by Crippen LogP contribution is -2.43. The molecule has 0 radical (unpaired) electrons. The Morgan fingerprint density at radius 1 is 1.04 bits per heavy atom. The minimum Gasteiger partial charge on any atom is -0.383 e. The van der Waals surface area contributed by atoms with Crippen molar-refractivity contribution >= 4 is 34.0 Å². The van der Waals surface area contributed by atoms with Crippen LogP contribution in [0.4, 0.5) is 17.2 Å². The van der Waals surface area contributed by atoms with E-state index in [0.717, 1.165) is 22.3 Å². The SMILES string of the molecule is CN1C(=O)CN(Cc2nc(N)c3ccccc3n2)c2ccccc21. The Kier molecular flexibility index (Phi) is 3.30. The molecule has 120 valence electrons. The first-order chi connectivity index (χ1) is 11.6. The van der Waals surface area contributed by atoms with Crippen molar-refractivity contribution in [3.05, 3.63) is 54.4 Å². The number of likely N-dealkylation sites (N-methyl/N-ethyl adjacent to an activating group) is 1. The highest BCUT2D eigenvalue weighted by Gasteiger charge is 2.26. The molecule has 0 unspecified atom stereocenters. The van der Waals surface area contributed by atoms with Crippen LogP contribution < -0.4 is 15.5 Å². The summed E-state index contributed by atoms with van der Waals surface area (Å²) in [5, 5.41) is 0.844. The van der Waals surface area contributed by atoms with E-state index in [9.17, 15) is 4.79 Å². The fraction of sp³-hybridized carbons (Fsp3) is 0.167. The van der Waals surface area contributed by atoms with Gasteiger partial charge in [-0.15, -0.1) is 0 Å². The van der Waals surface area contributed by atoms with Crippen molar-refractivity contribution in [3.63, 3.8) is 0 Å². The minimum atomic E-state index is 0.0439. The van der Waals surface area contributed by atoms with Gasteiger partial charge in [0.25, 0.3) is 0 Å². The Balaban J connectivity index is 1.73. The number of carbonyl (C=O) groups excluding carboxylic acids is 1. The summed E-state index contributed by atoms with van der Waals surface area (Å²) in [6.07, 6.45) is 0. The zero-order valence-electron chi connectivity index (χ0n) is 13.3. The standard InChI is InChI=1S/C18H17N5O/c1-22-14-8-4-5-9-15(14)23(11-17(22)24)10-16-20-13-7-3-2-6-12(13)18(19)21-16/h2-9H,10-11H2,1H3,(H2,19,20,21). The third kappa shape index (κ3) is 2.32. The average Bonchev–Trinajstić information content (AvgIpc) is 2.59. The van der Waals surface area contributed by atoms with E-state index in [1.54, 1.807) is 11.9 Å². The molecule has 0 fully saturated rings. The van der Waals surface area contributed by atoms with Crippen LogP contribution in [-0.2, 0) is 11.3 Å². The van der Waals surface area contributed by atoms with Crippen molar-refractivity contribution in [2.45, 2.75) is 6.54 Å². The van der Waals surface area contributed by atoms with Crippen molar-refractivity contribution < 1.29 is 4.79 Å². The molecule has 0 saturated heterocycles. The number of para-hydroxylation sites is 3. The molecule has 0 spiro atoms. The van der Waals surface area contributed by atoms with Gasteiger partial charge < -0.3 is 15.5 Å². The van der Waals surface area contributed by atoms with Crippen LogP contribution in [0.2, 0.25) is 0 Å². The lowest BCUT2D eigenvalue weighted by atomic mass is 10.1. The molecule has 2 aromatic carbocycles. The molecular formula is C18H17N5O. The summed E-state index contributed by atoms with van der Waals surface area (Å²) in [4.78, 5) is 24.9. The second-order valence-electron chi connectivity index (χ2n) is 5.84. The number of benzene rings is 2. The van der Waals surface area contributed by atoms with Crippen LogP contribution in [0.5, 0.6) is 0 Å². The Bertz CT molecular complexity index is 940. The summed E-state index contributed by atoms with van der Waals surface area (Å²) in [7, 11) is 1.79. The number of hydrogen-bond donors (Lipinski definition) is 1. The smallest absolute Gasteiger partial charge is 0.246 e. The Morgan fingerprint density at radius 2 is 1.75 bits per heavy atom. The molecular weight excluding hydrogens is 302 g/mol. The fourth-order valence-corrected chi connectivity index (χ4v) is 3.04. The number of nitrogens with two attached hydrogens (primary N) is 1. The topological polar surface area (TPSA) is 75.4 Å². The molecule has 1 aliphatic heterocycles. The summed E-state index contributed by atoms with van der Waals surface area (Å²) in [6.45, 7) is 0.731. The molecule has 3 aromatic rings. The number of carbonyl (C=O) groups is 1. The number of nitrogen functional groups attached to an aromatic ring is 1. The molecule has 24 heavy (non-hydrogen) atoms. The number of aromatic nitrogens is 2. The van der Waals surface area contributed by atoms with Gasteiger partial charge in [-0.25, -0.2) is 9.97 Å². The van der Waals surface area contributed by atoms with E-state index in [2.05, 4.69) is 9.97 Å². The van der Waals surface area contributed by atoms with Gasteiger partial charge in [0.1, 0.15) is 5.82 Å². The molecule has 2 heterocycles. The maximum absolute atomic E-state index is 12.3. The summed E-state index contributed by atoms with van der Waals surface area (Å²) < 4.78 is 0. The minimum absolute atomic E-state index is 0.0439. The molecule has 1 amide bonds. The van der Waals surface area contributed by atoms with Gasteiger partial charge in [-0.2, -0.15) is 0 Å². The van der Waals surface area contributed by atoms with E-state index in [1.165, 1.54) is 0 Å². The summed E-state index contributed by atoms with van der Waals surface area (Å²) >= 11 is 0. The van der Waals surface area contributed by atoms with E-state index in [0.29, 0.717) is 24.7 Å². The van der Waals surface area contributed by atoms with Crippen LogP contribution >= 0.6 is 0 Å². The molecule has 1 aromatic heterocycles. The first-order valence-electron chi connectivity index (χ1n) is 7.75. The maximum atomic E-state index is 12.3.